The highest BCUT2D eigenvalue weighted by molar-refractivity contribution is 5.27. The second-order valence-electron chi connectivity index (χ2n) is 7.64. The van der Waals surface area contributed by atoms with E-state index in [9.17, 15) is 8.78 Å². The van der Waals surface area contributed by atoms with Gasteiger partial charge in [0.25, 0.3) is 0 Å². The van der Waals surface area contributed by atoms with Gasteiger partial charge in [0.05, 0.1) is 17.6 Å². The number of nitrogens with zero attached hydrogens (tertiary/aromatic N) is 4. The number of tetrazole rings is 1. The van der Waals surface area contributed by atoms with E-state index in [0.29, 0.717) is 12.2 Å². The fraction of sp³-hybridized carbons (Fsp3) is 0.588. The summed E-state index contributed by atoms with van der Waals surface area (Å²) in [5, 5.41) is 14.4. The first kappa shape index (κ1) is 15.3. The summed E-state index contributed by atoms with van der Waals surface area (Å²) in [6, 6.07) is 3.87. The molecule has 2 bridgehead atoms. The van der Waals surface area contributed by atoms with Crippen LogP contribution in [0.3, 0.4) is 0 Å². The average Bonchev–Trinajstić information content (AvgIpc) is 3.29. The van der Waals surface area contributed by atoms with Crippen LogP contribution in [0.25, 0.3) is 0 Å². The van der Waals surface area contributed by atoms with Crippen LogP contribution in [0, 0.1) is 11.6 Å². The highest BCUT2D eigenvalue weighted by Gasteiger charge is 2.65. The first-order chi connectivity index (χ1) is 12.1. The molecule has 4 aliphatic rings. The van der Waals surface area contributed by atoms with E-state index in [1.807, 2.05) is 0 Å². The first-order valence-corrected chi connectivity index (χ1v) is 8.66. The summed E-state index contributed by atoms with van der Waals surface area (Å²) in [4.78, 5) is 2.28. The predicted molar refractivity (Wildman–Crippen MR) is 83.7 cm³/mol. The van der Waals surface area contributed by atoms with Crippen LogP contribution in [-0.4, -0.2) is 50.8 Å². The van der Waals surface area contributed by atoms with E-state index < -0.39 is 11.6 Å². The Morgan fingerprint density at radius 2 is 2.20 bits per heavy atom. The predicted octanol–water partition coefficient (Wildman–Crippen LogP) is 2.12. The lowest BCUT2D eigenvalue weighted by Gasteiger charge is -2.45. The van der Waals surface area contributed by atoms with Crippen LogP contribution in [0.1, 0.15) is 43.1 Å². The molecule has 1 aromatic carbocycles. The largest absolute Gasteiger partial charge is 0.373 e. The van der Waals surface area contributed by atoms with E-state index >= 15 is 0 Å². The molecule has 1 unspecified atom stereocenters. The number of fused-ring (bicyclic) bond motifs is 1. The van der Waals surface area contributed by atoms with E-state index in [1.165, 1.54) is 6.07 Å². The van der Waals surface area contributed by atoms with Gasteiger partial charge in [0.15, 0.2) is 5.82 Å². The zero-order valence-corrected chi connectivity index (χ0v) is 13.7. The van der Waals surface area contributed by atoms with Crippen LogP contribution in [0.2, 0.25) is 0 Å². The number of rotatable bonds is 4. The van der Waals surface area contributed by atoms with Gasteiger partial charge in [0, 0.05) is 24.2 Å². The quantitative estimate of drug-likeness (QED) is 0.918. The highest BCUT2D eigenvalue weighted by atomic mass is 19.1. The maximum absolute atomic E-state index is 14.2. The molecule has 1 aromatic heterocycles. The number of benzene rings is 1. The number of hydrogen-bond donors (Lipinski definition) is 1. The minimum Gasteiger partial charge on any atom is -0.373 e. The molecular weight excluding hydrogens is 328 g/mol. The van der Waals surface area contributed by atoms with E-state index in [1.54, 1.807) is 6.07 Å². The molecule has 25 heavy (non-hydrogen) atoms. The summed E-state index contributed by atoms with van der Waals surface area (Å²) in [6.45, 7) is 2.27. The lowest BCUT2D eigenvalue weighted by molar-refractivity contribution is -0.0361. The Morgan fingerprint density at radius 1 is 1.32 bits per heavy atom. The molecule has 0 radical (unpaired) electrons. The molecule has 8 heteroatoms. The summed E-state index contributed by atoms with van der Waals surface area (Å²) in [5.74, 6) is -0.271. The van der Waals surface area contributed by atoms with Crippen molar-refractivity contribution >= 4 is 0 Å². The molecule has 1 aliphatic carbocycles. The topological polar surface area (TPSA) is 66.9 Å². The van der Waals surface area contributed by atoms with Gasteiger partial charge < -0.3 is 4.74 Å². The summed E-state index contributed by atoms with van der Waals surface area (Å²) in [6.07, 6.45) is 3.63. The number of ether oxygens (including phenoxy) is 1. The van der Waals surface area contributed by atoms with Crippen molar-refractivity contribution in [2.24, 2.45) is 0 Å². The Hall–Kier alpha value is -1.93. The molecule has 6 nitrogen and oxygen atoms in total. The zero-order chi connectivity index (χ0) is 17.1. The van der Waals surface area contributed by atoms with Crippen molar-refractivity contribution in [3.05, 3.63) is 41.2 Å². The van der Waals surface area contributed by atoms with Gasteiger partial charge in [-0.3, -0.25) is 4.90 Å². The molecule has 2 aromatic rings. The molecule has 1 saturated carbocycles. The number of likely N-dealkylation sites (tertiary alicyclic amines) is 1. The molecule has 6 rings (SSSR count). The normalized spacial score (nSPS) is 34.4. The van der Waals surface area contributed by atoms with E-state index in [4.69, 9.17) is 4.74 Å². The smallest absolute Gasteiger partial charge is 0.183 e. The van der Waals surface area contributed by atoms with Gasteiger partial charge in [-0.2, -0.15) is 5.21 Å². The molecule has 3 aliphatic heterocycles. The fourth-order valence-corrected chi connectivity index (χ4v) is 4.95. The van der Waals surface area contributed by atoms with Gasteiger partial charge in [-0.15, -0.1) is 10.2 Å². The van der Waals surface area contributed by atoms with Gasteiger partial charge in [-0.25, -0.2) is 8.78 Å². The second-order valence-corrected chi connectivity index (χ2v) is 7.64. The summed E-state index contributed by atoms with van der Waals surface area (Å²) in [7, 11) is 0. The zero-order valence-electron chi connectivity index (χ0n) is 13.7. The van der Waals surface area contributed by atoms with Gasteiger partial charge in [-0.1, -0.05) is 11.3 Å². The number of H-pyrrole nitrogens is 1. The lowest BCUT2D eigenvalue weighted by Crippen LogP contribution is -2.53. The number of halogens is 2. The number of hydrogen-bond acceptors (Lipinski definition) is 5. The molecule has 0 spiro atoms. The maximum Gasteiger partial charge on any atom is 0.183 e. The van der Waals surface area contributed by atoms with Crippen molar-refractivity contribution in [3.8, 4) is 0 Å². The summed E-state index contributed by atoms with van der Waals surface area (Å²) >= 11 is 0. The third-order valence-electron chi connectivity index (χ3n) is 5.97. The van der Waals surface area contributed by atoms with Crippen molar-refractivity contribution in [1.29, 1.82) is 0 Å². The van der Waals surface area contributed by atoms with Crippen molar-refractivity contribution in [3.63, 3.8) is 0 Å². The Kier molecular flexibility index (Phi) is 3.24. The molecule has 0 amide bonds. The van der Waals surface area contributed by atoms with Crippen molar-refractivity contribution in [2.75, 3.05) is 19.7 Å². The van der Waals surface area contributed by atoms with Crippen molar-refractivity contribution in [1.82, 2.24) is 25.5 Å². The Balaban J connectivity index is 1.33. The van der Waals surface area contributed by atoms with Crippen molar-refractivity contribution in [2.45, 2.75) is 42.7 Å². The van der Waals surface area contributed by atoms with Gasteiger partial charge >= 0.3 is 0 Å². The van der Waals surface area contributed by atoms with Gasteiger partial charge in [0.2, 0.25) is 0 Å². The number of aromatic nitrogens is 4. The van der Waals surface area contributed by atoms with E-state index in [2.05, 4.69) is 25.5 Å². The van der Waals surface area contributed by atoms with Crippen LogP contribution in [-0.2, 0) is 10.2 Å². The van der Waals surface area contributed by atoms with Gasteiger partial charge in [-0.05, 0) is 38.3 Å². The fourth-order valence-electron chi connectivity index (χ4n) is 4.95. The Labute approximate surface area is 143 Å². The van der Waals surface area contributed by atoms with Crippen LogP contribution in [0.4, 0.5) is 8.78 Å². The number of nitrogens with one attached hydrogen (secondary N) is 1. The molecule has 1 N–H and O–H groups in total. The van der Waals surface area contributed by atoms with Crippen LogP contribution >= 0.6 is 0 Å². The minimum atomic E-state index is -0.535. The monoisotopic (exact) mass is 347 g/mol. The van der Waals surface area contributed by atoms with Gasteiger partial charge in [0.1, 0.15) is 11.6 Å². The SMILES string of the molecule is Fc1ccc(C2CCCN2CC23CC(c4nn[nH]n4)(CO2)C3)c(F)c1. The molecule has 132 valence electrons. The van der Waals surface area contributed by atoms with Crippen LogP contribution < -0.4 is 0 Å². The first-order valence-electron chi connectivity index (χ1n) is 8.66. The van der Waals surface area contributed by atoms with Crippen LogP contribution in [0.5, 0.6) is 0 Å². The highest BCUT2D eigenvalue weighted by Crippen LogP contribution is 2.58. The molecule has 4 fully saturated rings. The Morgan fingerprint density at radius 3 is 2.96 bits per heavy atom. The summed E-state index contributed by atoms with van der Waals surface area (Å²) in [5.41, 5.74) is 0.250. The number of aromatic amines is 1. The lowest BCUT2D eigenvalue weighted by atomic mass is 9.62. The third kappa shape index (κ3) is 2.31. The Bertz CT molecular complexity index is 790. The second kappa shape index (κ2) is 5.28. The van der Waals surface area contributed by atoms with E-state index in [0.717, 1.165) is 50.7 Å². The molecule has 1 atom stereocenters. The summed E-state index contributed by atoms with van der Waals surface area (Å²) < 4.78 is 33.5. The average molecular weight is 347 g/mol. The standard InChI is InChI=1S/C17H19F2N5O/c18-11-3-4-12(13(19)6-11)14-2-1-5-24(14)9-17-7-16(8-17,10-25-17)15-20-22-23-21-15/h3-4,6,14H,1-2,5,7-10H2,(H,20,21,22,23). The maximum atomic E-state index is 14.2. The molecule has 3 saturated heterocycles. The molecular formula is C17H19F2N5O. The van der Waals surface area contributed by atoms with E-state index in [-0.39, 0.29) is 17.1 Å². The molecule has 4 heterocycles. The minimum absolute atomic E-state index is 0.0145. The van der Waals surface area contributed by atoms with Crippen LogP contribution in [0.15, 0.2) is 18.2 Å². The van der Waals surface area contributed by atoms with Crippen molar-refractivity contribution < 1.29 is 13.5 Å². The third-order valence-corrected chi connectivity index (χ3v) is 5.97.